The van der Waals surface area contributed by atoms with E-state index in [1.165, 1.54) is 11.0 Å². The highest BCUT2D eigenvalue weighted by Gasteiger charge is 2.36. The number of hydrogen-bond donors (Lipinski definition) is 2. The largest absolute Gasteiger partial charge is 0.469 e. The molecule has 0 unspecified atom stereocenters. The number of rotatable bonds is 5. The molecule has 1 aromatic carbocycles. The van der Waals surface area contributed by atoms with Crippen LogP contribution in [0.15, 0.2) is 18.2 Å². The van der Waals surface area contributed by atoms with E-state index in [0.717, 1.165) is 19.2 Å². The number of carbonyl (C=O) groups excluding carboxylic acids is 3. The van der Waals surface area contributed by atoms with Crippen molar-refractivity contribution in [3.63, 3.8) is 0 Å². The molecule has 1 atom stereocenters. The smallest absolute Gasteiger partial charge is 0.418 e. The molecule has 11 heteroatoms. The Bertz CT molecular complexity index is 742. The van der Waals surface area contributed by atoms with Crippen LogP contribution >= 0.6 is 11.6 Å². The fourth-order valence-electron chi connectivity index (χ4n) is 2.67. The number of amides is 2. The van der Waals surface area contributed by atoms with Gasteiger partial charge in [-0.05, 0) is 12.1 Å². The van der Waals surface area contributed by atoms with Crippen molar-refractivity contribution < 1.29 is 32.3 Å². The van der Waals surface area contributed by atoms with Gasteiger partial charge >= 0.3 is 12.1 Å². The Kier molecular flexibility index (Phi) is 6.66. The van der Waals surface area contributed by atoms with E-state index in [9.17, 15) is 27.6 Å². The average Bonchev–Trinajstić information content (AvgIpc) is 2.58. The average molecular weight is 408 g/mol. The molecule has 2 rings (SSSR count). The first-order chi connectivity index (χ1) is 12.6. The van der Waals surface area contributed by atoms with E-state index in [1.54, 1.807) is 0 Å². The van der Waals surface area contributed by atoms with Gasteiger partial charge in [0.1, 0.15) is 6.04 Å². The number of halogens is 4. The molecule has 1 aromatic rings. The van der Waals surface area contributed by atoms with Gasteiger partial charge in [0.15, 0.2) is 0 Å². The lowest BCUT2D eigenvalue weighted by Crippen LogP contribution is -2.57. The maximum absolute atomic E-state index is 13.1. The Balaban J connectivity index is 2.15. The Morgan fingerprint density at radius 1 is 1.41 bits per heavy atom. The van der Waals surface area contributed by atoms with Crippen molar-refractivity contribution in [2.45, 2.75) is 18.6 Å². The molecule has 148 valence electrons. The summed E-state index contributed by atoms with van der Waals surface area (Å²) in [7, 11) is 1.16. The van der Waals surface area contributed by atoms with Gasteiger partial charge in [0.05, 0.1) is 36.3 Å². The minimum atomic E-state index is -4.70. The van der Waals surface area contributed by atoms with Crippen molar-refractivity contribution in [2.75, 3.05) is 32.1 Å². The highest BCUT2D eigenvalue weighted by atomic mass is 35.5. The first-order valence-corrected chi connectivity index (χ1v) is 8.25. The number of methoxy groups -OCH3 is 1. The van der Waals surface area contributed by atoms with E-state index in [0.29, 0.717) is 0 Å². The van der Waals surface area contributed by atoms with E-state index in [1.807, 2.05) is 0 Å². The molecule has 1 aliphatic rings. The third-order valence-corrected chi connectivity index (χ3v) is 4.27. The van der Waals surface area contributed by atoms with Crippen molar-refractivity contribution in [3.05, 3.63) is 28.8 Å². The van der Waals surface area contributed by atoms with Crippen LogP contribution in [0.3, 0.4) is 0 Å². The van der Waals surface area contributed by atoms with Crippen LogP contribution in [0.25, 0.3) is 0 Å². The Morgan fingerprint density at radius 3 is 2.74 bits per heavy atom. The van der Waals surface area contributed by atoms with Crippen LogP contribution in [0.2, 0.25) is 5.02 Å². The standard InChI is InChI=1S/C16H17ClF3N3O4/c1-27-13(25)7-11-15(26)21-5-6-23(11)8-12(24)22-14-9(16(18,19)20)3-2-4-10(14)17/h2-4,11H,5-8H2,1H3,(H,21,26)(H,22,24)/t11-/m1/s1. The lowest BCUT2D eigenvalue weighted by atomic mass is 10.1. The lowest BCUT2D eigenvalue weighted by Gasteiger charge is -2.33. The predicted octanol–water partition coefficient (Wildman–Crippen LogP) is 1.66. The second-order valence-electron chi connectivity index (χ2n) is 5.77. The SMILES string of the molecule is COC(=O)C[C@@H]1C(=O)NCCN1CC(=O)Nc1c(Cl)cccc1C(F)(F)F. The monoisotopic (exact) mass is 407 g/mol. The van der Waals surface area contributed by atoms with Gasteiger partial charge in [0, 0.05) is 13.1 Å². The number of nitrogens with one attached hydrogen (secondary N) is 2. The summed E-state index contributed by atoms with van der Waals surface area (Å²) in [6.45, 7) is 0.0940. The molecule has 0 bridgehead atoms. The molecular weight excluding hydrogens is 391 g/mol. The normalized spacial score (nSPS) is 18.0. The third-order valence-electron chi connectivity index (χ3n) is 3.96. The fourth-order valence-corrected chi connectivity index (χ4v) is 2.89. The zero-order chi connectivity index (χ0) is 20.2. The van der Waals surface area contributed by atoms with Gasteiger partial charge in [-0.1, -0.05) is 17.7 Å². The van der Waals surface area contributed by atoms with Gasteiger partial charge in [-0.2, -0.15) is 13.2 Å². The predicted molar refractivity (Wildman–Crippen MR) is 90.1 cm³/mol. The molecule has 1 heterocycles. The van der Waals surface area contributed by atoms with Gasteiger partial charge in [0.25, 0.3) is 0 Å². The molecule has 0 aromatic heterocycles. The molecule has 0 radical (unpaired) electrons. The van der Waals surface area contributed by atoms with Gasteiger partial charge < -0.3 is 15.4 Å². The number of benzene rings is 1. The molecule has 7 nitrogen and oxygen atoms in total. The van der Waals surface area contributed by atoms with E-state index < -0.39 is 47.8 Å². The number of carbonyl (C=O) groups is 3. The molecule has 0 aliphatic carbocycles. The lowest BCUT2D eigenvalue weighted by molar-refractivity contribution is -0.146. The van der Waals surface area contributed by atoms with E-state index in [-0.39, 0.29) is 24.5 Å². The summed E-state index contributed by atoms with van der Waals surface area (Å²) in [5, 5.41) is 4.45. The zero-order valence-corrected chi connectivity index (χ0v) is 15.0. The number of nitrogens with zero attached hydrogens (tertiary/aromatic N) is 1. The fraction of sp³-hybridized carbons (Fsp3) is 0.438. The maximum atomic E-state index is 13.1. The molecule has 2 N–H and O–H groups in total. The number of esters is 1. The highest BCUT2D eigenvalue weighted by molar-refractivity contribution is 6.34. The summed E-state index contributed by atoms with van der Waals surface area (Å²) in [6.07, 6.45) is -4.98. The molecule has 1 aliphatic heterocycles. The second-order valence-corrected chi connectivity index (χ2v) is 6.17. The topological polar surface area (TPSA) is 87.7 Å². The van der Waals surface area contributed by atoms with Crippen LogP contribution in [0.1, 0.15) is 12.0 Å². The zero-order valence-electron chi connectivity index (χ0n) is 14.2. The second kappa shape index (κ2) is 8.57. The molecule has 0 spiro atoms. The molecular formula is C16H17ClF3N3O4. The van der Waals surface area contributed by atoms with Crippen LogP contribution in [-0.2, 0) is 25.3 Å². The number of piperazine rings is 1. The third kappa shape index (κ3) is 5.33. The van der Waals surface area contributed by atoms with Crippen molar-refractivity contribution in [3.8, 4) is 0 Å². The Morgan fingerprint density at radius 2 is 2.11 bits per heavy atom. The van der Waals surface area contributed by atoms with Crippen LogP contribution < -0.4 is 10.6 Å². The Hall–Kier alpha value is -2.33. The minimum Gasteiger partial charge on any atom is -0.469 e. The van der Waals surface area contributed by atoms with Crippen molar-refractivity contribution in [1.82, 2.24) is 10.2 Å². The summed E-state index contributed by atoms with van der Waals surface area (Å²) in [5.41, 5.74) is -1.63. The van der Waals surface area contributed by atoms with Crippen LogP contribution in [-0.4, -0.2) is 55.5 Å². The van der Waals surface area contributed by atoms with E-state index in [2.05, 4.69) is 15.4 Å². The van der Waals surface area contributed by atoms with Crippen molar-refractivity contribution in [2.24, 2.45) is 0 Å². The summed E-state index contributed by atoms with van der Waals surface area (Å²) < 4.78 is 43.9. The number of alkyl halides is 3. The Labute approximate surface area is 157 Å². The number of anilines is 1. The van der Waals surface area contributed by atoms with Crippen LogP contribution in [0.4, 0.5) is 18.9 Å². The molecule has 1 saturated heterocycles. The van der Waals surface area contributed by atoms with Gasteiger partial charge in [-0.25, -0.2) is 0 Å². The van der Waals surface area contributed by atoms with Crippen molar-refractivity contribution in [1.29, 1.82) is 0 Å². The van der Waals surface area contributed by atoms with Gasteiger partial charge in [-0.15, -0.1) is 0 Å². The summed E-state index contributed by atoms with van der Waals surface area (Å²) in [4.78, 5) is 37.1. The first kappa shape index (κ1) is 21.0. The minimum absolute atomic E-state index is 0.240. The van der Waals surface area contributed by atoms with Gasteiger partial charge in [-0.3, -0.25) is 19.3 Å². The number of ether oxygens (including phenoxy) is 1. The quantitative estimate of drug-likeness (QED) is 0.725. The van der Waals surface area contributed by atoms with Crippen molar-refractivity contribution >= 4 is 35.1 Å². The van der Waals surface area contributed by atoms with Crippen LogP contribution in [0, 0.1) is 0 Å². The summed E-state index contributed by atoms with van der Waals surface area (Å²) in [6, 6.07) is 2.20. The van der Waals surface area contributed by atoms with Gasteiger partial charge in [0.2, 0.25) is 11.8 Å². The molecule has 1 fully saturated rings. The molecule has 2 amide bonds. The highest BCUT2D eigenvalue weighted by Crippen LogP contribution is 2.38. The van der Waals surface area contributed by atoms with E-state index >= 15 is 0 Å². The molecule has 27 heavy (non-hydrogen) atoms. The molecule has 0 saturated carbocycles. The number of hydrogen-bond acceptors (Lipinski definition) is 5. The number of para-hydroxylation sites is 1. The summed E-state index contributed by atoms with van der Waals surface area (Å²) in [5.74, 6) is -1.90. The maximum Gasteiger partial charge on any atom is 0.418 e. The first-order valence-electron chi connectivity index (χ1n) is 7.87. The van der Waals surface area contributed by atoms with E-state index in [4.69, 9.17) is 11.6 Å². The van der Waals surface area contributed by atoms with Crippen LogP contribution in [0.5, 0.6) is 0 Å². The summed E-state index contributed by atoms with van der Waals surface area (Å²) >= 11 is 5.81.